The molecule has 1 N–H and O–H groups in total. The van der Waals surface area contributed by atoms with Crippen molar-refractivity contribution >= 4 is 46.1 Å². The zero-order chi connectivity index (χ0) is 25.7. The molecule has 3 rings (SSSR count). The first-order valence-corrected chi connectivity index (χ1v) is 17.5. The van der Waals surface area contributed by atoms with Crippen LogP contribution >= 0.6 is 15.9 Å². The first-order valence-electron chi connectivity index (χ1n) is 11.4. The number of halogens is 1. The SMILES string of the molecule is CC(C)(C)OC(=O)N1CC2(Cc3ccc(Br)cc3C2(C)C(=O)ONS(=O)(=O)CC[Si](C)(C)C)C1. The molecule has 190 valence electrons. The Balaban J connectivity index is 1.83. The van der Waals surface area contributed by atoms with Crippen LogP contribution in [0.5, 0.6) is 0 Å². The number of fused-ring (bicyclic) bond motifs is 1. The van der Waals surface area contributed by atoms with Crippen LogP contribution in [0.25, 0.3) is 0 Å². The molecule has 1 fully saturated rings. The number of rotatable bonds is 6. The Bertz CT molecular complexity index is 1090. The summed E-state index contributed by atoms with van der Waals surface area (Å²) in [6.45, 7) is 14.1. The van der Waals surface area contributed by atoms with Gasteiger partial charge < -0.3 is 14.5 Å². The summed E-state index contributed by atoms with van der Waals surface area (Å²) in [4.78, 5) is 35.0. The van der Waals surface area contributed by atoms with E-state index in [1.807, 2.05) is 18.2 Å². The molecule has 2 aliphatic rings. The van der Waals surface area contributed by atoms with Gasteiger partial charge in [0.15, 0.2) is 0 Å². The van der Waals surface area contributed by atoms with Gasteiger partial charge in [0.2, 0.25) is 10.0 Å². The van der Waals surface area contributed by atoms with E-state index in [0.717, 1.165) is 15.6 Å². The number of ether oxygens (including phenoxy) is 1. The van der Waals surface area contributed by atoms with Gasteiger partial charge in [0.25, 0.3) is 0 Å². The maximum Gasteiger partial charge on any atom is 0.410 e. The van der Waals surface area contributed by atoms with Gasteiger partial charge in [-0.05, 0) is 68.3 Å². The largest absolute Gasteiger partial charge is 0.444 e. The summed E-state index contributed by atoms with van der Waals surface area (Å²) in [5.41, 5.74) is -0.635. The van der Waals surface area contributed by atoms with Crippen molar-refractivity contribution in [2.45, 2.75) is 70.8 Å². The number of carbonyl (C=O) groups is 2. The molecule has 11 heteroatoms. The number of likely N-dealkylation sites (tertiary alicyclic amines) is 1. The standard InChI is InChI=1S/C23H35BrN2O6SSi/c1-21(2,3)31-20(28)26-14-23(15-26)13-16-8-9-17(24)12-18(16)22(23,4)19(27)32-25-33(29,30)10-11-34(5,6)7/h8-9,12,25H,10-11,13-15H2,1-7H3. The molecule has 1 atom stereocenters. The molecule has 1 aliphatic carbocycles. The Hall–Kier alpha value is -1.43. The minimum atomic E-state index is -3.77. The minimum Gasteiger partial charge on any atom is -0.444 e. The normalized spacial score (nSPS) is 21.7. The van der Waals surface area contributed by atoms with Crippen LogP contribution in [0.2, 0.25) is 25.7 Å². The van der Waals surface area contributed by atoms with Crippen LogP contribution in [0, 0.1) is 5.41 Å². The Morgan fingerprint density at radius 3 is 2.38 bits per heavy atom. The fraction of sp³-hybridized carbons (Fsp3) is 0.652. The van der Waals surface area contributed by atoms with Crippen molar-refractivity contribution in [2.24, 2.45) is 5.41 Å². The van der Waals surface area contributed by atoms with E-state index < -0.39 is 46.6 Å². The van der Waals surface area contributed by atoms with Crippen molar-refractivity contribution in [1.29, 1.82) is 0 Å². The summed E-state index contributed by atoms with van der Waals surface area (Å²) in [6, 6.07) is 6.30. The molecule has 1 aromatic carbocycles. The van der Waals surface area contributed by atoms with E-state index in [0.29, 0.717) is 25.6 Å². The van der Waals surface area contributed by atoms with Gasteiger partial charge in [-0.3, -0.25) is 0 Å². The Kier molecular flexibility index (Phi) is 7.11. The molecule has 1 heterocycles. The lowest BCUT2D eigenvalue weighted by Crippen LogP contribution is -2.68. The van der Waals surface area contributed by atoms with Gasteiger partial charge in [0, 0.05) is 31.1 Å². The lowest BCUT2D eigenvalue weighted by atomic mass is 9.60. The van der Waals surface area contributed by atoms with Crippen LogP contribution in [-0.2, 0) is 36.2 Å². The first-order chi connectivity index (χ1) is 15.4. The first kappa shape index (κ1) is 27.2. The summed E-state index contributed by atoms with van der Waals surface area (Å²) < 4.78 is 31.3. The van der Waals surface area contributed by atoms with Crippen molar-refractivity contribution in [1.82, 2.24) is 9.79 Å². The summed E-state index contributed by atoms with van der Waals surface area (Å²) in [5.74, 6) is -0.767. The highest BCUT2D eigenvalue weighted by Gasteiger charge is 2.66. The van der Waals surface area contributed by atoms with Crippen LogP contribution in [0.15, 0.2) is 22.7 Å². The van der Waals surface area contributed by atoms with Crippen LogP contribution in [0.4, 0.5) is 4.79 Å². The van der Waals surface area contributed by atoms with Gasteiger partial charge >= 0.3 is 12.1 Å². The summed E-state index contributed by atoms with van der Waals surface area (Å²) >= 11 is 3.48. The number of hydrogen-bond acceptors (Lipinski definition) is 6. The third kappa shape index (κ3) is 5.52. The molecule has 1 spiro atoms. The highest BCUT2D eigenvalue weighted by Crippen LogP contribution is 2.57. The highest BCUT2D eigenvalue weighted by atomic mass is 79.9. The van der Waals surface area contributed by atoms with E-state index in [-0.39, 0.29) is 5.75 Å². The van der Waals surface area contributed by atoms with Gasteiger partial charge in [0.1, 0.15) is 11.0 Å². The van der Waals surface area contributed by atoms with Crippen LogP contribution in [0.3, 0.4) is 0 Å². The summed E-state index contributed by atoms with van der Waals surface area (Å²) in [6.07, 6.45) is 0.140. The van der Waals surface area contributed by atoms with Crippen molar-refractivity contribution in [2.75, 3.05) is 18.8 Å². The van der Waals surface area contributed by atoms with Gasteiger partial charge in [-0.1, -0.05) is 41.6 Å². The van der Waals surface area contributed by atoms with Crippen LogP contribution < -0.4 is 4.89 Å². The Morgan fingerprint density at radius 1 is 1.21 bits per heavy atom. The zero-order valence-corrected chi connectivity index (χ0v) is 24.4. The molecular weight excluding hydrogens is 540 g/mol. The molecule has 1 amide bonds. The topological polar surface area (TPSA) is 102 Å². The van der Waals surface area contributed by atoms with Crippen LogP contribution in [0.1, 0.15) is 38.8 Å². The second-order valence-corrected chi connectivity index (χ2v) is 20.2. The molecule has 0 radical (unpaired) electrons. The molecule has 0 saturated carbocycles. The molecular formula is C23H35BrN2O6SSi. The average molecular weight is 576 g/mol. The Labute approximate surface area is 211 Å². The van der Waals surface area contributed by atoms with E-state index in [2.05, 4.69) is 40.5 Å². The van der Waals surface area contributed by atoms with Crippen molar-refractivity contribution in [3.05, 3.63) is 33.8 Å². The van der Waals surface area contributed by atoms with Crippen molar-refractivity contribution < 1.29 is 27.6 Å². The maximum atomic E-state index is 13.5. The van der Waals surface area contributed by atoms with E-state index in [9.17, 15) is 18.0 Å². The zero-order valence-electron chi connectivity index (χ0n) is 21.0. The molecule has 1 saturated heterocycles. The lowest BCUT2D eigenvalue weighted by molar-refractivity contribution is -0.165. The molecule has 0 aromatic heterocycles. The predicted molar refractivity (Wildman–Crippen MR) is 137 cm³/mol. The maximum absolute atomic E-state index is 13.5. The quantitative estimate of drug-likeness (QED) is 0.403. The van der Waals surface area contributed by atoms with E-state index in [4.69, 9.17) is 9.57 Å². The summed E-state index contributed by atoms with van der Waals surface area (Å²) in [5, 5.41) is 0. The van der Waals surface area contributed by atoms with Gasteiger partial charge in [-0.25, -0.2) is 18.0 Å². The monoisotopic (exact) mass is 574 g/mol. The fourth-order valence-electron chi connectivity index (χ4n) is 4.58. The smallest absolute Gasteiger partial charge is 0.410 e. The molecule has 1 unspecified atom stereocenters. The summed E-state index contributed by atoms with van der Waals surface area (Å²) in [7, 11) is -5.36. The number of sulfonamides is 1. The molecule has 0 bridgehead atoms. The third-order valence-corrected chi connectivity index (χ3v) is 10.3. The second-order valence-electron chi connectivity index (χ2n) is 11.8. The fourth-order valence-corrected chi connectivity index (χ4v) is 8.75. The van der Waals surface area contributed by atoms with Crippen molar-refractivity contribution in [3.63, 3.8) is 0 Å². The second kappa shape index (κ2) is 8.90. The number of hydrogen-bond donors (Lipinski definition) is 1. The number of amides is 1. The molecule has 8 nitrogen and oxygen atoms in total. The average Bonchev–Trinajstić information content (AvgIpc) is 2.91. The number of nitrogens with zero attached hydrogens (tertiary/aromatic N) is 1. The molecule has 1 aromatic rings. The van der Waals surface area contributed by atoms with Crippen molar-refractivity contribution in [3.8, 4) is 0 Å². The van der Waals surface area contributed by atoms with Crippen LogP contribution in [-0.4, -0.2) is 57.9 Å². The predicted octanol–water partition coefficient (Wildman–Crippen LogP) is 4.22. The number of nitrogens with one attached hydrogen (secondary N) is 1. The van der Waals surface area contributed by atoms with Gasteiger partial charge in [0.05, 0.1) is 5.75 Å². The highest BCUT2D eigenvalue weighted by molar-refractivity contribution is 9.10. The lowest BCUT2D eigenvalue weighted by Gasteiger charge is -2.54. The number of benzene rings is 1. The number of carbonyl (C=O) groups excluding carboxylic acids is 2. The molecule has 1 aliphatic heterocycles. The third-order valence-electron chi connectivity index (χ3n) is 6.63. The van der Waals surface area contributed by atoms with E-state index in [1.165, 1.54) is 0 Å². The van der Waals surface area contributed by atoms with E-state index >= 15 is 0 Å². The van der Waals surface area contributed by atoms with Gasteiger partial charge in [-0.2, -0.15) is 0 Å². The van der Waals surface area contributed by atoms with Gasteiger partial charge in [-0.15, -0.1) is 0 Å². The Morgan fingerprint density at radius 2 is 1.82 bits per heavy atom. The molecule has 34 heavy (non-hydrogen) atoms. The van der Waals surface area contributed by atoms with E-state index in [1.54, 1.807) is 32.6 Å². The minimum absolute atomic E-state index is 0.0909.